The molecule has 0 heterocycles. The first-order valence-corrected chi connectivity index (χ1v) is 10.3. The molecular weight excluding hydrogens is 338 g/mol. The molecule has 2 N–H and O–H groups in total. The van der Waals surface area contributed by atoms with E-state index >= 15 is 0 Å². The quantitative estimate of drug-likeness (QED) is 0.653. The number of nitrogens with zero attached hydrogens (tertiary/aromatic N) is 1. The maximum Gasteiger partial charge on any atom is 0.242 e. The van der Waals surface area contributed by atoms with E-state index in [1.165, 1.54) is 12.1 Å². The molecule has 0 aliphatic heterocycles. The summed E-state index contributed by atoms with van der Waals surface area (Å²) >= 11 is 0. The minimum atomic E-state index is -0.453. The topological polar surface area (TPSA) is 61.4 Å². The molecule has 1 atom stereocenters. The number of carbonyl (C=O) groups excluding carboxylic acids is 2. The van der Waals surface area contributed by atoms with Crippen LogP contribution < -0.4 is 15.5 Å². The first-order valence-electron chi connectivity index (χ1n) is 10.3. The van der Waals surface area contributed by atoms with Crippen molar-refractivity contribution in [2.45, 2.75) is 58.4 Å². The van der Waals surface area contributed by atoms with Gasteiger partial charge in [0.2, 0.25) is 11.8 Å². The molecule has 0 aromatic heterocycles. The van der Waals surface area contributed by atoms with Crippen LogP contribution in [-0.4, -0.2) is 38.0 Å². The summed E-state index contributed by atoms with van der Waals surface area (Å²) in [5.74, 6) is 0.126. The van der Waals surface area contributed by atoms with Crippen molar-refractivity contribution in [1.82, 2.24) is 10.6 Å². The number of para-hydroxylation sites is 1. The van der Waals surface area contributed by atoms with Gasteiger partial charge in [0.15, 0.2) is 0 Å². The Kier molecular flexibility index (Phi) is 8.62. The maximum atomic E-state index is 12.6. The van der Waals surface area contributed by atoms with Crippen LogP contribution in [0.2, 0.25) is 0 Å². The molecule has 1 fully saturated rings. The molecule has 5 heteroatoms. The number of hydrogen-bond acceptors (Lipinski definition) is 3. The lowest BCUT2D eigenvalue weighted by Crippen LogP contribution is -2.51. The van der Waals surface area contributed by atoms with Gasteiger partial charge in [0.25, 0.3) is 0 Å². The lowest BCUT2D eigenvalue weighted by molar-refractivity contribution is -0.132. The highest BCUT2D eigenvalue weighted by Gasteiger charge is 2.28. The summed E-state index contributed by atoms with van der Waals surface area (Å²) in [6.07, 6.45) is 6.21. The summed E-state index contributed by atoms with van der Waals surface area (Å²) in [7, 11) is 2.05. The van der Waals surface area contributed by atoms with E-state index < -0.39 is 6.04 Å². The molecule has 0 radical (unpaired) electrons. The first kappa shape index (κ1) is 21.3. The second kappa shape index (κ2) is 11.0. The molecule has 1 aromatic rings. The van der Waals surface area contributed by atoms with Crippen molar-refractivity contribution in [3.05, 3.63) is 30.3 Å². The zero-order valence-corrected chi connectivity index (χ0v) is 17.0. The highest BCUT2D eigenvalue weighted by Crippen LogP contribution is 2.24. The van der Waals surface area contributed by atoms with Crippen LogP contribution >= 0.6 is 0 Å². The molecule has 1 aliphatic carbocycles. The first-order chi connectivity index (χ1) is 13.0. The Balaban J connectivity index is 1.74. The van der Waals surface area contributed by atoms with E-state index in [1.54, 1.807) is 0 Å². The predicted octanol–water partition coefficient (Wildman–Crippen LogP) is 3.35. The summed E-state index contributed by atoms with van der Waals surface area (Å²) in [6.45, 7) is 5.44. The fourth-order valence-corrected chi connectivity index (χ4v) is 3.62. The lowest BCUT2D eigenvalue weighted by atomic mass is 9.88. The van der Waals surface area contributed by atoms with Crippen molar-refractivity contribution in [2.24, 2.45) is 11.8 Å². The molecule has 5 nitrogen and oxygen atoms in total. The Hall–Kier alpha value is -2.04. The van der Waals surface area contributed by atoms with E-state index in [9.17, 15) is 9.59 Å². The van der Waals surface area contributed by atoms with Crippen molar-refractivity contribution in [2.75, 3.05) is 25.0 Å². The van der Waals surface area contributed by atoms with Crippen LogP contribution in [0.25, 0.3) is 0 Å². The number of carbonyl (C=O) groups is 2. The van der Waals surface area contributed by atoms with Crippen molar-refractivity contribution in [3.8, 4) is 0 Å². The average Bonchev–Trinajstić information content (AvgIpc) is 2.70. The number of rotatable bonds is 9. The van der Waals surface area contributed by atoms with Gasteiger partial charge in [-0.3, -0.25) is 9.59 Å². The summed E-state index contributed by atoms with van der Waals surface area (Å²) < 4.78 is 0. The summed E-state index contributed by atoms with van der Waals surface area (Å²) in [4.78, 5) is 27.3. The van der Waals surface area contributed by atoms with E-state index in [-0.39, 0.29) is 23.7 Å². The largest absolute Gasteiger partial charge is 0.375 e. The van der Waals surface area contributed by atoms with E-state index in [0.717, 1.165) is 38.6 Å². The fourth-order valence-electron chi connectivity index (χ4n) is 3.62. The highest BCUT2D eigenvalue weighted by molar-refractivity contribution is 5.88. The number of anilines is 1. The third-order valence-electron chi connectivity index (χ3n) is 5.39. The zero-order valence-electron chi connectivity index (χ0n) is 17.0. The van der Waals surface area contributed by atoms with Crippen LogP contribution in [0.3, 0.4) is 0 Å². The minimum Gasteiger partial charge on any atom is -0.375 e. The molecule has 150 valence electrons. The molecular formula is C22H35N3O2. The molecule has 0 bridgehead atoms. The van der Waals surface area contributed by atoms with Crippen molar-refractivity contribution in [3.63, 3.8) is 0 Å². The van der Waals surface area contributed by atoms with Crippen molar-refractivity contribution in [1.29, 1.82) is 0 Å². The molecule has 1 aromatic carbocycles. The molecule has 1 saturated carbocycles. The molecule has 1 unspecified atom stereocenters. The summed E-state index contributed by atoms with van der Waals surface area (Å²) in [5.41, 5.74) is 1.17. The van der Waals surface area contributed by atoms with Gasteiger partial charge < -0.3 is 15.5 Å². The van der Waals surface area contributed by atoms with Crippen molar-refractivity contribution < 1.29 is 9.59 Å². The maximum absolute atomic E-state index is 12.6. The Morgan fingerprint density at radius 1 is 1.11 bits per heavy atom. The van der Waals surface area contributed by atoms with Gasteiger partial charge in [0.1, 0.15) is 6.04 Å². The monoisotopic (exact) mass is 373 g/mol. The molecule has 0 spiro atoms. The molecule has 27 heavy (non-hydrogen) atoms. The van der Waals surface area contributed by atoms with Gasteiger partial charge in [0, 0.05) is 31.7 Å². The van der Waals surface area contributed by atoms with Gasteiger partial charge >= 0.3 is 0 Å². The third-order valence-corrected chi connectivity index (χ3v) is 5.39. The van der Waals surface area contributed by atoms with Crippen LogP contribution in [0.4, 0.5) is 5.69 Å². The zero-order chi connectivity index (χ0) is 19.6. The normalized spacial score (nSPS) is 16.0. The summed E-state index contributed by atoms with van der Waals surface area (Å²) in [6, 6.07) is 9.76. The Morgan fingerprint density at radius 3 is 2.41 bits per heavy atom. The van der Waals surface area contributed by atoms with E-state index in [2.05, 4.69) is 34.7 Å². The van der Waals surface area contributed by atoms with E-state index in [4.69, 9.17) is 0 Å². The summed E-state index contributed by atoms with van der Waals surface area (Å²) in [5, 5.41) is 6.00. The second-order valence-corrected chi connectivity index (χ2v) is 7.97. The van der Waals surface area contributed by atoms with Gasteiger partial charge in [-0.2, -0.15) is 0 Å². The number of benzene rings is 1. The Bertz CT molecular complexity index is 582. The third kappa shape index (κ3) is 6.89. The molecule has 0 saturated heterocycles. The van der Waals surface area contributed by atoms with Gasteiger partial charge in [-0.05, 0) is 37.3 Å². The Labute approximate surface area is 163 Å². The molecule has 1 aliphatic rings. The van der Waals surface area contributed by atoms with Gasteiger partial charge in [-0.1, -0.05) is 51.3 Å². The van der Waals surface area contributed by atoms with Crippen LogP contribution in [0.5, 0.6) is 0 Å². The van der Waals surface area contributed by atoms with Gasteiger partial charge in [-0.15, -0.1) is 0 Å². The smallest absolute Gasteiger partial charge is 0.242 e. The number of nitrogens with one attached hydrogen (secondary N) is 2. The van der Waals surface area contributed by atoms with Crippen LogP contribution in [0, 0.1) is 11.8 Å². The second-order valence-electron chi connectivity index (χ2n) is 7.97. The lowest BCUT2D eigenvalue weighted by Gasteiger charge is -2.26. The van der Waals surface area contributed by atoms with Gasteiger partial charge in [0.05, 0.1) is 0 Å². The van der Waals surface area contributed by atoms with Crippen molar-refractivity contribution >= 4 is 17.5 Å². The molecule has 2 rings (SSSR count). The SMILES string of the molecule is CC(C)C(NC(=O)C1CCCCC1)C(=O)NCCCN(C)c1ccccc1. The molecule has 2 amide bonds. The van der Waals surface area contributed by atoms with Crippen LogP contribution in [0.1, 0.15) is 52.4 Å². The van der Waals surface area contributed by atoms with E-state index in [0.29, 0.717) is 6.54 Å². The average molecular weight is 374 g/mol. The Morgan fingerprint density at radius 2 is 1.78 bits per heavy atom. The predicted molar refractivity (Wildman–Crippen MR) is 111 cm³/mol. The fraction of sp³-hybridized carbons (Fsp3) is 0.636. The van der Waals surface area contributed by atoms with E-state index in [1.807, 2.05) is 32.0 Å². The minimum absolute atomic E-state index is 0.0485. The highest BCUT2D eigenvalue weighted by atomic mass is 16.2. The number of hydrogen-bond donors (Lipinski definition) is 2. The standard InChI is InChI=1S/C22H35N3O2/c1-17(2)20(24-21(26)18-11-6-4-7-12-18)22(27)23-15-10-16-25(3)19-13-8-5-9-14-19/h5,8-9,13-14,17-18,20H,4,6-7,10-12,15-16H2,1-3H3,(H,23,27)(H,24,26). The van der Waals surface area contributed by atoms with Crippen LogP contribution in [-0.2, 0) is 9.59 Å². The number of amides is 2. The van der Waals surface area contributed by atoms with Crippen LogP contribution in [0.15, 0.2) is 30.3 Å². The van der Waals surface area contributed by atoms with Gasteiger partial charge in [-0.25, -0.2) is 0 Å².